The highest BCUT2D eigenvalue weighted by Gasteiger charge is 2.29. The fourth-order valence-electron chi connectivity index (χ4n) is 2.94. The summed E-state index contributed by atoms with van der Waals surface area (Å²) >= 11 is 0. The molecule has 3 unspecified atom stereocenters. The van der Waals surface area contributed by atoms with Gasteiger partial charge in [-0.3, -0.25) is 4.90 Å². The lowest BCUT2D eigenvalue weighted by Crippen LogP contribution is -2.55. The first-order valence-corrected chi connectivity index (χ1v) is 7.65. The topological polar surface area (TPSA) is 26.7 Å². The number of hydrogen-bond acceptors (Lipinski definition) is 3. The summed E-state index contributed by atoms with van der Waals surface area (Å²) in [7, 11) is 4.30. The summed E-state index contributed by atoms with van der Waals surface area (Å²) in [5.74, 6) is 0.695. The number of aliphatic hydroxyl groups excluding tert-OH is 1. The molecular formula is C15H32N2O. The predicted molar refractivity (Wildman–Crippen MR) is 77.8 cm³/mol. The second-order valence-electron chi connectivity index (χ2n) is 6.03. The number of rotatable bonds is 7. The monoisotopic (exact) mass is 256 g/mol. The number of piperazine rings is 1. The summed E-state index contributed by atoms with van der Waals surface area (Å²) in [5, 5.41) is 10.5. The highest BCUT2D eigenvalue weighted by molar-refractivity contribution is 4.85. The molecule has 1 aliphatic heterocycles. The third kappa shape index (κ3) is 4.87. The number of unbranched alkanes of at least 4 members (excludes halogenated alkanes) is 1. The lowest BCUT2D eigenvalue weighted by atomic mass is 9.90. The standard InChI is InChI=1S/C15H32N2O/c1-5-7-8-13(6-2)11-15(18)14-12-16(3)9-10-17(14)4/h13-15,18H,5-12H2,1-4H3. The lowest BCUT2D eigenvalue weighted by Gasteiger charge is -2.40. The van der Waals surface area contributed by atoms with Crippen LogP contribution >= 0.6 is 0 Å². The van der Waals surface area contributed by atoms with Crippen molar-refractivity contribution in [3.63, 3.8) is 0 Å². The van der Waals surface area contributed by atoms with Crippen LogP contribution in [0.3, 0.4) is 0 Å². The Hall–Kier alpha value is -0.120. The van der Waals surface area contributed by atoms with Crippen molar-refractivity contribution in [3.05, 3.63) is 0 Å². The zero-order chi connectivity index (χ0) is 13.5. The van der Waals surface area contributed by atoms with Gasteiger partial charge >= 0.3 is 0 Å². The lowest BCUT2D eigenvalue weighted by molar-refractivity contribution is 0.00197. The average molecular weight is 256 g/mol. The molecule has 0 aromatic rings. The molecule has 1 heterocycles. The van der Waals surface area contributed by atoms with Gasteiger partial charge in [0.15, 0.2) is 0 Å². The Kier molecular flexibility index (Phi) is 7.20. The van der Waals surface area contributed by atoms with E-state index in [0.717, 1.165) is 26.1 Å². The van der Waals surface area contributed by atoms with E-state index in [0.29, 0.717) is 12.0 Å². The molecule has 1 N–H and O–H groups in total. The average Bonchev–Trinajstić information content (AvgIpc) is 2.37. The Morgan fingerprint density at radius 2 is 1.94 bits per heavy atom. The van der Waals surface area contributed by atoms with Crippen LogP contribution in [0.15, 0.2) is 0 Å². The molecule has 0 aromatic heterocycles. The summed E-state index contributed by atoms with van der Waals surface area (Å²) in [6, 6.07) is 0.319. The Balaban J connectivity index is 2.43. The minimum Gasteiger partial charge on any atom is -0.391 e. The molecule has 0 amide bonds. The molecule has 1 rings (SSSR count). The molecule has 3 nitrogen and oxygen atoms in total. The molecule has 0 saturated carbocycles. The molecule has 0 bridgehead atoms. The van der Waals surface area contributed by atoms with Crippen molar-refractivity contribution in [2.45, 2.75) is 58.1 Å². The molecule has 3 atom stereocenters. The van der Waals surface area contributed by atoms with Crippen LogP contribution in [0.1, 0.15) is 46.0 Å². The van der Waals surface area contributed by atoms with Crippen LogP contribution < -0.4 is 0 Å². The first-order chi connectivity index (χ1) is 8.58. The smallest absolute Gasteiger partial charge is 0.0710 e. The van der Waals surface area contributed by atoms with Crippen LogP contribution in [0.2, 0.25) is 0 Å². The molecule has 1 saturated heterocycles. The normalized spacial score (nSPS) is 26.2. The zero-order valence-electron chi connectivity index (χ0n) is 12.7. The van der Waals surface area contributed by atoms with Crippen LogP contribution in [-0.4, -0.2) is 60.8 Å². The number of aliphatic hydroxyl groups is 1. The Morgan fingerprint density at radius 3 is 2.56 bits per heavy atom. The van der Waals surface area contributed by atoms with Crippen molar-refractivity contribution in [1.82, 2.24) is 9.80 Å². The van der Waals surface area contributed by atoms with Crippen molar-refractivity contribution in [3.8, 4) is 0 Å². The van der Waals surface area contributed by atoms with Gasteiger partial charge in [0, 0.05) is 25.7 Å². The van der Waals surface area contributed by atoms with Gasteiger partial charge in [-0.2, -0.15) is 0 Å². The Morgan fingerprint density at radius 1 is 1.22 bits per heavy atom. The van der Waals surface area contributed by atoms with E-state index in [2.05, 4.69) is 37.7 Å². The van der Waals surface area contributed by atoms with E-state index < -0.39 is 0 Å². The molecule has 1 fully saturated rings. The fraction of sp³-hybridized carbons (Fsp3) is 1.00. The van der Waals surface area contributed by atoms with Crippen LogP contribution in [0.5, 0.6) is 0 Å². The molecule has 0 spiro atoms. The van der Waals surface area contributed by atoms with E-state index in [1.54, 1.807) is 0 Å². The maximum atomic E-state index is 10.5. The number of likely N-dealkylation sites (N-methyl/N-ethyl adjacent to an activating group) is 2. The van der Waals surface area contributed by atoms with Crippen molar-refractivity contribution in [1.29, 1.82) is 0 Å². The first-order valence-electron chi connectivity index (χ1n) is 7.65. The summed E-state index contributed by atoms with van der Waals surface area (Å²) in [5.41, 5.74) is 0. The molecule has 108 valence electrons. The van der Waals surface area contributed by atoms with Crippen molar-refractivity contribution in [2.24, 2.45) is 5.92 Å². The van der Waals surface area contributed by atoms with Gasteiger partial charge in [-0.25, -0.2) is 0 Å². The minimum atomic E-state index is -0.167. The van der Waals surface area contributed by atoms with Gasteiger partial charge in [0.2, 0.25) is 0 Å². The molecular weight excluding hydrogens is 224 g/mol. The third-order valence-electron chi connectivity index (χ3n) is 4.46. The summed E-state index contributed by atoms with van der Waals surface area (Å²) in [6.07, 6.45) is 5.84. The van der Waals surface area contributed by atoms with Crippen LogP contribution in [-0.2, 0) is 0 Å². The molecule has 0 aromatic carbocycles. The van der Waals surface area contributed by atoms with Crippen LogP contribution in [0.4, 0.5) is 0 Å². The second kappa shape index (κ2) is 8.13. The Labute approximate surface area is 113 Å². The third-order valence-corrected chi connectivity index (χ3v) is 4.46. The molecule has 1 aliphatic rings. The minimum absolute atomic E-state index is 0.167. The van der Waals surface area contributed by atoms with E-state index in [1.807, 2.05) is 0 Å². The van der Waals surface area contributed by atoms with Gasteiger partial charge in [0.1, 0.15) is 0 Å². The van der Waals surface area contributed by atoms with E-state index in [-0.39, 0.29) is 6.10 Å². The van der Waals surface area contributed by atoms with E-state index >= 15 is 0 Å². The van der Waals surface area contributed by atoms with Gasteiger partial charge in [0.05, 0.1) is 6.10 Å². The summed E-state index contributed by atoms with van der Waals surface area (Å²) in [6.45, 7) is 7.69. The maximum Gasteiger partial charge on any atom is 0.0710 e. The van der Waals surface area contributed by atoms with Crippen LogP contribution in [0, 0.1) is 5.92 Å². The summed E-state index contributed by atoms with van der Waals surface area (Å²) < 4.78 is 0. The zero-order valence-corrected chi connectivity index (χ0v) is 12.7. The Bertz CT molecular complexity index is 223. The van der Waals surface area contributed by atoms with Gasteiger partial charge in [-0.15, -0.1) is 0 Å². The highest BCUT2D eigenvalue weighted by Crippen LogP contribution is 2.22. The maximum absolute atomic E-state index is 10.5. The van der Waals surface area contributed by atoms with Crippen LogP contribution in [0.25, 0.3) is 0 Å². The van der Waals surface area contributed by atoms with Gasteiger partial charge in [-0.05, 0) is 26.4 Å². The van der Waals surface area contributed by atoms with Crippen molar-refractivity contribution >= 4 is 0 Å². The van der Waals surface area contributed by atoms with Gasteiger partial charge in [-0.1, -0.05) is 39.5 Å². The van der Waals surface area contributed by atoms with E-state index in [9.17, 15) is 5.11 Å². The molecule has 0 radical (unpaired) electrons. The quantitative estimate of drug-likeness (QED) is 0.756. The number of hydrogen-bond donors (Lipinski definition) is 1. The molecule has 18 heavy (non-hydrogen) atoms. The van der Waals surface area contributed by atoms with E-state index in [4.69, 9.17) is 0 Å². The van der Waals surface area contributed by atoms with Crippen molar-refractivity contribution in [2.75, 3.05) is 33.7 Å². The number of nitrogens with zero attached hydrogens (tertiary/aromatic N) is 2. The van der Waals surface area contributed by atoms with Gasteiger partial charge < -0.3 is 10.0 Å². The summed E-state index contributed by atoms with van der Waals surface area (Å²) in [4.78, 5) is 4.66. The predicted octanol–water partition coefficient (Wildman–Crippen LogP) is 2.20. The fourth-order valence-corrected chi connectivity index (χ4v) is 2.94. The van der Waals surface area contributed by atoms with Gasteiger partial charge in [0.25, 0.3) is 0 Å². The second-order valence-corrected chi connectivity index (χ2v) is 6.03. The highest BCUT2D eigenvalue weighted by atomic mass is 16.3. The first kappa shape index (κ1) is 15.9. The van der Waals surface area contributed by atoms with E-state index in [1.165, 1.54) is 25.7 Å². The molecule has 3 heteroatoms. The SMILES string of the molecule is CCCCC(CC)CC(O)C1CN(C)CCN1C. The largest absolute Gasteiger partial charge is 0.391 e. The van der Waals surface area contributed by atoms with Crippen molar-refractivity contribution < 1.29 is 5.11 Å². The molecule has 0 aliphatic carbocycles.